The van der Waals surface area contributed by atoms with E-state index < -0.39 is 0 Å². The van der Waals surface area contributed by atoms with Crippen molar-refractivity contribution in [3.8, 4) is 0 Å². The van der Waals surface area contributed by atoms with Crippen molar-refractivity contribution < 1.29 is 9.59 Å². The van der Waals surface area contributed by atoms with Gasteiger partial charge in [0.15, 0.2) is 0 Å². The second-order valence-corrected chi connectivity index (χ2v) is 6.44. The number of aromatic nitrogens is 3. The Balaban J connectivity index is 1.69. The Hall–Kier alpha value is -1.92. The van der Waals surface area contributed by atoms with Crippen molar-refractivity contribution in [1.82, 2.24) is 24.6 Å². The monoisotopic (exact) mass is 321 g/mol. The number of carbonyl (C=O) groups is 2. The average molecular weight is 321 g/mol. The van der Waals surface area contributed by atoms with E-state index in [1.807, 2.05) is 4.90 Å². The van der Waals surface area contributed by atoms with Crippen LogP contribution in [0.1, 0.15) is 38.5 Å². The van der Waals surface area contributed by atoms with Gasteiger partial charge in [-0.1, -0.05) is 0 Å². The highest BCUT2D eigenvalue weighted by Crippen LogP contribution is 2.22. The minimum Gasteiger partial charge on any atom is -0.349 e. The molecule has 0 aliphatic carbocycles. The van der Waals surface area contributed by atoms with E-state index in [1.54, 1.807) is 30.0 Å². The second kappa shape index (κ2) is 8.64. The topological polar surface area (TPSA) is 71.3 Å². The van der Waals surface area contributed by atoms with Crippen LogP contribution in [0, 0.1) is 5.92 Å². The number of nitrogens with zero attached hydrogens (tertiary/aromatic N) is 5. The quantitative estimate of drug-likeness (QED) is 0.756. The first-order valence-corrected chi connectivity index (χ1v) is 8.36. The van der Waals surface area contributed by atoms with Crippen LogP contribution in [0.4, 0.5) is 0 Å². The van der Waals surface area contributed by atoms with E-state index in [2.05, 4.69) is 10.1 Å². The van der Waals surface area contributed by atoms with Gasteiger partial charge in [0.05, 0.1) is 0 Å². The molecule has 0 unspecified atom stereocenters. The summed E-state index contributed by atoms with van der Waals surface area (Å²) in [5.41, 5.74) is 0. The van der Waals surface area contributed by atoms with E-state index in [0.29, 0.717) is 18.8 Å². The summed E-state index contributed by atoms with van der Waals surface area (Å²) in [4.78, 5) is 31.5. The standard InChI is InChI=1S/C16H27N5O2/c1-19(2)15(22)8-7-14-5-3-9-20(11-14)16(23)6-4-10-21-13-17-12-18-21/h12-14H,3-11H2,1-2H3/t14-/m1/s1. The third-order valence-corrected chi connectivity index (χ3v) is 4.38. The van der Waals surface area contributed by atoms with Gasteiger partial charge in [-0.25, -0.2) is 4.98 Å². The molecule has 0 N–H and O–H groups in total. The van der Waals surface area contributed by atoms with Gasteiger partial charge in [0.25, 0.3) is 0 Å². The molecule has 2 heterocycles. The minimum absolute atomic E-state index is 0.168. The van der Waals surface area contributed by atoms with Gasteiger partial charge in [0.1, 0.15) is 12.7 Å². The van der Waals surface area contributed by atoms with Crippen molar-refractivity contribution in [3.05, 3.63) is 12.7 Å². The fraction of sp³-hybridized carbons (Fsp3) is 0.750. The van der Waals surface area contributed by atoms with Crippen LogP contribution in [0.5, 0.6) is 0 Å². The van der Waals surface area contributed by atoms with Crippen LogP contribution in [0.2, 0.25) is 0 Å². The zero-order chi connectivity index (χ0) is 16.7. The zero-order valence-corrected chi connectivity index (χ0v) is 14.1. The predicted octanol–water partition coefficient (Wildman–Crippen LogP) is 1.17. The van der Waals surface area contributed by atoms with Crippen LogP contribution >= 0.6 is 0 Å². The molecule has 0 bridgehead atoms. The van der Waals surface area contributed by atoms with Crippen LogP contribution in [0.25, 0.3) is 0 Å². The Kier molecular flexibility index (Phi) is 6.55. The molecule has 1 saturated heterocycles. The molecule has 0 radical (unpaired) electrons. The molecule has 2 rings (SSSR count). The van der Waals surface area contributed by atoms with Gasteiger partial charge in [0, 0.05) is 46.6 Å². The van der Waals surface area contributed by atoms with Crippen molar-refractivity contribution in [3.63, 3.8) is 0 Å². The zero-order valence-electron chi connectivity index (χ0n) is 14.1. The lowest BCUT2D eigenvalue weighted by atomic mass is 9.93. The van der Waals surface area contributed by atoms with Crippen molar-refractivity contribution in [2.45, 2.75) is 45.1 Å². The highest BCUT2D eigenvalue weighted by molar-refractivity contribution is 5.76. The largest absolute Gasteiger partial charge is 0.349 e. The predicted molar refractivity (Wildman–Crippen MR) is 86.5 cm³/mol. The smallest absolute Gasteiger partial charge is 0.222 e. The summed E-state index contributed by atoms with van der Waals surface area (Å²) >= 11 is 0. The number of piperidine rings is 1. The summed E-state index contributed by atoms with van der Waals surface area (Å²) in [6, 6.07) is 0. The number of amides is 2. The number of hydrogen-bond donors (Lipinski definition) is 0. The average Bonchev–Trinajstić information content (AvgIpc) is 3.06. The van der Waals surface area contributed by atoms with E-state index in [-0.39, 0.29) is 11.8 Å². The second-order valence-electron chi connectivity index (χ2n) is 6.44. The molecule has 1 atom stereocenters. The molecule has 1 aliphatic heterocycles. The third kappa shape index (κ3) is 5.65. The van der Waals surface area contributed by atoms with E-state index in [9.17, 15) is 9.59 Å². The fourth-order valence-corrected chi connectivity index (χ4v) is 2.98. The summed E-state index contributed by atoms with van der Waals surface area (Å²) in [7, 11) is 3.57. The lowest BCUT2D eigenvalue weighted by molar-refractivity contribution is -0.133. The van der Waals surface area contributed by atoms with Crippen LogP contribution in [0.15, 0.2) is 12.7 Å². The number of rotatable bonds is 7. The van der Waals surface area contributed by atoms with E-state index in [4.69, 9.17) is 0 Å². The molecule has 128 valence electrons. The molecule has 0 spiro atoms. The molecule has 1 aromatic heterocycles. The first-order valence-electron chi connectivity index (χ1n) is 8.36. The van der Waals surface area contributed by atoms with Crippen LogP contribution in [-0.2, 0) is 16.1 Å². The molecule has 2 amide bonds. The van der Waals surface area contributed by atoms with Crippen molar-refractivity contribution in [2.75, 3.05) is 27.2 Å². The normalized spacial score (nSPS) is 18.0. The lowest BCUT2D eigenvalue weighted by Gasteiger charge is -2.33. The van der Waals surface area contributed by atoms with E-state index in [0.717, 1.165) is 45.3 Å². The number of carbonyl (C=O) groups excluding carboxylic acids is 2. The SMILES string of the molecule is CN(C)C(=O)CC[C@H]1CCCN(C(=O)CCCn2cncn2)C1. The third-order valence-electron chi connectivity index (χ3n) is 4.38. The van der Waals surface area contributed by atoms with Gasteiger partial charge in [-0.2, -0.15) is 5.10 Å². The maximum Gasteiger partial charge on any atom is 0.222 e. The molecule has 1 aliphatic rings. The first-order chi connectivity index (χ1) is 11.1. The van der Waals surface area contributed by atoms with Gasteiger partial charge >= 0.3 is 0 Å². The molecule has 0 aromatic carbocycles. The number of hydrogen-bond acceptors (Lipinski definition) is 4. The van der Waals surface area contributed by atoms with Gasteiger partial charge in [-0.3, -0.25) is 14.3 Å². The van der Waals surface area contributed by atoms with Gasteiger partial charge in [-0.05, 0) is 31.6 Å². The lowest BCUT2D eigenvalue weighted by Crippen LogP contribution is -2.40. The summed E-state index contributed by atoms with van der Waals surface area (Å²) < 4.78 is 1.75. The molecule has 1 fully saturated rings. The Labute approximate surface area is 137 Å². The number of likely N-dealkylation sites (tertiary alicyclic amines) is 1. The summed E-state index contributed by atoms with van der Waals surface area (Å²) in [6.07, 6.45) is 8.10. The highest BCUT2D eigenvalue weighted by Gasteiger charge is 2.23. The Bertz CT molecular complexity index is 501. The molecular formula is C16H27N5O2. The molecule has 7 nitrogen and oxygen atoms in total. The van der Waals surface area contributed by atoms with Crippen molar-refractivity contribution in [1.29, 1.82) is 0 Å². The molecule has 0 saturated carbocycles. The Morgan fingerprint density at radius 3 is 2.83 bits per heavy atom. The summed E-state index contributed by atoms with van der Waals surface area (Å²) in [6.45, 7) is 2.36. The minimum atomic E-state index is 0.168. The van der Waals surface area contributed by atoms with E-state index in [1.165, 1.54) is 6.33 Å². The van der Waals surface area contributed by atoms with Gasteiger partial charge < -0.3 is 9.80 Å². The van der Waals surface area contributed by atoms with Gasteiger partial charge in [0.2, 0.25) is 11.8 Å². The van der Waals surface area contributed by atoms with Crippen molar-refractivity contribution >= 4 is 11.8 Å². The van der Waals surface area contributed by atoms with E-state index >= 15 is 0 Å². The fourth-order valence-electron chi connectivity index (χ4n) is 2.98. The maximum absolute atomic E-state index is 12.3. The number of aryl methyl sites for hydroxylation is 1. The maximum atomic E-state index is 12.3. The van der Waals surface area contributed by atoms with Crippen LogP contribution in [-0.4, -0.2) is 63.6 Å². The first kappa shape index (κ1) is 17.4. The van der Waals surface area contributed by atoms with Crippen molar-refractivity contribution in [2.24, 2.45) is 5.92 Å². The summed E-state index contributed by atoms with van der Waals surface area (Å²) in [5, 5.41) is 4.04. The summed E-state index contributed by atoms with van der Waals surface area (Å²) in [5.74, 6) is 0.835. The Morgan fingerprint density at radius 2 is 2.13 bits per heavy atom. The Morgan fingerprint density at radius 1 is 1.30 bits per heavy atom. The molecular weight excluding hydrogens is 294 g/mol. The highest BCUT2D eigenvalue weighted by atomic mass is 16.2. The van der Waals surface area contributed by atoms with Crippen LogP contribution in [0.3, 0.4) is 0 Å². The molecule has 23 heavy (non-hydrogen) atoms. The van der Waals surface area contributed by atoms with Crippen LogP contribution < -0.4 is 0 Å². The van der Waals surface area contributed by atoms with Gasteiger partial charge in [-0.15, -0.1) is 0 Å². The molecule has 7 heteroatoms. The molecule has 1 aromatic rings.